The molecule has 0 aromatic heterocycles. The molecular formula is C14H21N3O3. The molecule has 20 heavy (non-hydrogen) atoms. The van der Waals surface area contributed by atoms with Crippen molar-refractivity contribution in [2.45, 2.75) is 26.8 Å². The molecule has 6 heteroatoms. The van der Waals surface area contributed by atoms with Gasteiger partial charge < -0.3 is 5.32 Å². The average molecular weight is 279 g/mol. The number of nitrogens with one attached hydrogen (secondary N) is 1. The van der Waals surface area contributed by atoms with E-state index in [1.165, 1.54) is 6.07 Å². The first-order chi connectivity index (χ1) is 9.49. The minimum absolute atomic E-state index is 0.0355. The molecule has 1 N–H and O–H groups in total. The SMILES string of the molecule is CCNC(=O)CN(CC)[C@@H](C)c1cccc([N+](=O)[O-])c1. The topological polar surface area (TPSA) is 75.5 Å². The molecule has 0 aliphatic heterocycles. The summed E-state index contributed by atoms with van der Waals surface area (Å²) in [5, 5.41) is 13.6. The first-order valence-corrected chi connectivity index (χ1v) is 6.74. The highest BCUT2D eigenvalue weighted by Crippen LogP contribution is 2.23. The second-order valence-corrected chi connectivity index (χ2v) is 4.54. The van der Waals surface area contributed by atoms with Crippen molar-refractivity contribution in [2.24, 2.45) is 0 Å². The fourth-order valence-corrected chi connectivity index (χ4v) is 2.07. The maximum Gasteiger partial charge on any atom is 0.269 e. The molecule has 1 aromatic rings. The number of hydrogen-bond donors (Lipinski definition) is 1. The highest BCUT2D eigenvalue weighted by molar-refractivity contribution is 5.78. The van der Waals surface area contributed by atoms with Crippen molar-refractivity contribution in [2.75, 3.05) is 19.6 Å². The van der Waals surface area contributed by atoms with Crippen molar-refractivity contribution in [3.8, 4) is 0 Å². The fraction of sp³-hybridized carbons (Fsp3) is 0.500. The molecule has 0 spiro atoms. The molecule has 0 saturated carbocycles. The lowest BCUT2D eigenvalue weighted by Gasteiger charge is -2.27. The third-order valence-electron chi connectivity index (χ3n) is 3.24. The predicted molar refractivity (Wildman–Crippen MR) is 77.4 cm³/mol. The maximum atomic E-state index is 11.7. The van der Waals surface area contributed by atoms with Crippen molar-refractivity contribution in [1.82, 2.24) is 10.2 Å². The van der Waals surface area contributed by atoms with E-state index in [-0.39, 0.29) is 24.2 Å². The summed E-state index contributed by atoms with van der Waals surface area (Å²) in [6, 6.07) is 6.49. The summed E-state index contributed by atoms with van der Waals surface area (Å²) in [5.41, 5.74) is 0.911. The second kappa shape index (κ2) is 7.59. The molecule has 0 fully saturated rings. The molecule has 0 saturated heterocycles. The minimum Gasteiger partial charge on any atom is -0.355 e. The smallest absolute Gasteiger partial charge is 0.269 e. The van der Waals surface area contributed by atoms with Gasteiger partial charge in [-0.15, -0.1) is 0 Å². The Morgan fingerprint density at radius 1 is 1.45 bits per heavy atom. The van der Waals surface area contributed by atoms with Crippen molar-refractivity contribution < 1.29 is 9.72 Å². The van der Waals surface area contributed by atoms with Gasteiger partial charge in [-0.2, -0.15) is 0 Å². The summed E-state index contributed by atoms with van der Waals surface area (Å²) in [6.07, 6.45) is 0. The Labute approximate surface area is 118 Å². The Balaban J connectivity index is 2.85. The van der Waals surface area contributed by atoms with Gasteiger partial charge in [-0.1, -0.05) is 19.1 Å². The first kappa shape index (κ1) is 16.1. The standard InChI is InChI=1S/C14H21N3O3/c1-4-15-14(18)10-16(5-2)11(3)12-7-6-8-13(9-12)17(19)20/h6-9,11H,4-5,10H2,1-3H3,(H,15,18)/t11-/m0/s1. The Morgan fingerprint density at radius 2 is 2.15 bits per heavy atom. The van der Waals surface area contributed by atoms with Crippen molar-refractivity contribution in [3.63, 3.8) is 0 Å². The van der Waals surface area contributed by atoms with E-state index in [1.54, 1.807) is 12.1 Å². The largest absolute Gasteiger partial charge is 0.355 e. The zero-order valence-electron chi connectivity index (χ0n) is 12.1. The molecule has 1 amide bonds. The normalized spacial score (nSPS) is 12.2. The van der Waals surface area contributed by atoms with Crippen LogP contribution < -0.4 is 5.32 Å². The van der Waals surface area contributed by atoms with Crippen LogP contribution in [0.3, 0.4) is 0 Å². The van der Waals surface area contributed by atoms with Crippen LogP contribution in [0, 0.1) is 10.1 Å². The van der Waals surface area contributed by atoms with Gasteiger partial charge in [0.15, 0.2) is 0 Å². The Hall–Kier alpha value is -1.95. The van der Waals surface area contributed by atoms with Crippen LogP contribution in [0.1, 0.15) is 32.4 Å². The summed E-state index contributed by atoms with van der Waals surface area (Å²) in [5.74, 6) is -0.0355. The van der Waals surface area contributed by atoms with Crippen LogP contribution in [0.15, 0.2) is 24.3 Å². The molecule has 0 heterocycles. The molecule has 0 aliphatic rings. The van der Waals surface area contributed by atoms with Gasteiger partial charge in [-0.3, -0.25) is 19.8 Å². The van der Waals surface area contributed by atoms with E-state index in [0.29, 0.717) is 13.1 Å². The molecule has 1 rings (SSSR count). The molecule has 0 bridgehead atoms. The van der Waals surface area contributed by atoms with Crippen LogP contribution in [-0.2, 0) is 4.79 Å². The van der Waals surface area contributed by atoms with E-state index in [1.807, 2.05) is 31.7 Å². The van der Waals surface area contributed by atoms with Crippen LogP contribution in [0.25, 0.3) is 0 Å². The van der Waals surface area contributed by atoms with Crippen molar-refractivity contribution >= 4 is 11.6 Å². The molecule has 0 aliphatic carbocycles. The lowest BCUT2D eigenvalue weighted by atomic mass is 10.1. The molecule has 0 radical (unpaired) electrons. The zero-order chi connectivity index (χ0) is 15.1. The van der Waals surface area contributed by atoms with Crippen LogP contribution in [-0.4, -0.2) is 35.4 Å². The number of carbonyl (C=O) groups is 1. The number of nitrogens with zero attached hydrogens (tertiary/aromatic N) is 2. The Morgan fingerprint density at radius 3 is 2.70 bits per heavy atom. The summed E-state index contributed by atoms with van der Waals surface area (Å²) < 4.78 is 0. The lowest BCUT2D eigenvalue weighted by molar-refractivity contribution is -0.384. The van der Waals surface area contributed by atoms with Crippen LogP contribution in [0.2, 0.25) is 0 Å². The van der Waals surface area contributed by atoms with Gasteiger partial charge in [0.1, 0.15) is 0 Å². The number of non-ortho nitro benzene ring substituents is 1. The molecule has 1 atom stereocenters. The molecule has 0 unspecified atom stereocenters. The van der Waals surface area contributed by atoms with E-state index >= 15 is 0 Å². The van der Waals surface area contributed by atoms with Gasteiger partial charge in [0.25, 0.3) is 5.69 Å². The summed E-state index contributed by atoms with van der Waals surface area (Å²) in [4.78, 5) is 24.0. The van der Waals surface area contributed by atoms with Crippen molar-refractivity contribution in [1.29, 1.82) is 0 Å². The Kier molecular flexibility index (Phi) is 6.11. The second-order valence-electron chi connectivity index (χ2n) is 4.54. The van der Waals surface area contributed by atoms with Gasteiger partial charge in [0.2, 0.25) is 5.91 Å². The summed E-state index contributed by atoms with van der Waals surface area (Å²) >= 11 is 0. The number of rotatable bonds is 7. The van der Waals surface area contributed by atoms with Gasteiger partial charge >= 0.3 is 0 Å². The quantitative estimate of drug-likeness (QED) is 0.612. The number of nitro groups is 1. The highest BCUT2D eigenvalue weighted by Gasteiger charge is 2.18. The number of likely N-dealkylation sites (N-methyl/N-ethyl adjacent to an activating group) is 2. The molecular weight excluding hydrogens is 258 g/mol. The van der Waals surface area contributed by atoms with Gasteiger partial charge in [-0.05, 0) is 26.0 Å². The number of benzene rings is 1. The summed E-state index contributed by atoms with van der Waals surface area (Å²) in [6.45, 7) is 7.36. The monoisotopic (exact) mass is 279 g/mol. The van der Waals surface area contributed by atoms with Crippen LogP contribution in [0.5, 0.6) is 0 Å². The van der Waals surface area contributed by atoms with Crippen LogP contribution in [0.4, 0.5) is 5.69 Å². The number of hydrogen-bond acceptors (Lipinski definition) is 4. The van der Waals surface area contributed by atoms with Crippen LogP contribution >= 0.6 is 0 Å². The Bertz CT molecular complexity index is 476. The van der Waals surface area contributed by atoms with Gasteiger partial charge in [-0.25, -0.2) is 0 Å². The third-order valence-corrected chi connectivity index (χ3v) is 3.24. The zero-order valence-corrected chi connectivity index (χ0v) is 12.1. The van der Waals surface area contributed by atoms with E-state index in [2.05, 4.69) is 5.32 Å². The van der Waals surface area contributed by atoms with Crippen molar-refractivity contribution in [3.05, 3.63) is 39.9 Å². The minimum atomic E-state index is -0.406. The first-order valence-electron chi connectivity index (χ1n) is 6.74. The lowest BCUT2D eigenvalue weighted by Crippen LogP contribution is -2.38. The van der Waals surface area contributed by atoms with Gasteiger partial charge in [0.05, 0.1) is 11.5 Å². The van der Waals surface area contributed by atoms with Gasteiger partial charge in [0, 0.05) is 24.7 Å². The highest BCUT2D eigenvalue weighted by atomic mass is 16.6. The van der Waals surface area contributed by atoms with E-state index in [0.717, 1.165) is 5.56 Å². The average Bonchev–Trinajstić information content (AvgIpc) is 2.44. The molecule has 6 nitrogen and oxygen atoms in total. The molecule has 110 valence electrons. The van der Waals surface area contributed by atoms with E-state index in [9.17, 15) is 14.9 Å². The van der Waals surface area contributed by atoms with E-state index in [4.69, 9.17) is 0 Å². The number of carbonyl (C=O) groups excluding carboxylic acids is 1. The predicted octanol–water partition coefficient (Wildman–Crippen LogP) is 2.11. The maximum absolute atomic E-state index is 11.7. The number of nitro benzene ring substituents is 1. The molecule has 1 aromatic carbocycles. The number of amides is 1. The van der Waals surface area contributed by atoms with E-state index < -0.39 is 4.92 Å². The summed E-state index contributed by atoms with van der Waals surface area (Å²) in [7, 11) is 0. The third kappa shape index (κ3) is 4.31. The fourth-order valence-electron chi connectivity index (χ4n) is 2.07.